The number of aliphatic hydroxyl groups excluding tert-OH is 1. The van der Waals surface area contributed by atoms with Crippen molar-refractivity contribution in [2.45, 2.75) is 39.3 Å². The molecular weight excluding hydrogens is 316 g/mol. The Labute approximate surface area is 130 Å². The van der Waals surface area contributed by atoms with E-state index in [0.29, 0.717) is 5.92 Å². The van der Waals surface area contributed by atoms with E-state index in [0.717, 1.165) is 43.5 Å². The second-order valence-electron chi connectivity index (χ2n) is 5.69. The predicted octanol–water partition coefficient (Wildman–Crippen LogP) is 3.16. The summed E-state index contributed by atoms with van der Waals surface area (Å²) in [5.41, 5.74) is 2.64. The van der Waals surface area contributed by atoms with E-state index in [2.05, 4.69) is 51.3 Å². The van der Waals surface area contributed by atoms with Crippen LogP contribution in [0.25, 0.3) is 0 Å². The summed E-state index contributed by atoms with van der Waals surface area (Å²) in [6.07, 6.45) is 2.02. The fourth-order valence-corrected chi connectivity index (χ4v) is 3.21. The van der Waals surface area contributed by atoms with Crippen LogP contribution in [0.1, 0.15) is 32.3 Å². The first-order chi connectivity index (χ1) is 9.61. The first-order valence-electron chi connectivity index (χ1n) is 7.54. The monoisotopic (exact) mass is 340 g/mol. The molecule has 1 heterocycles. The molecule has 1 saturated heterocycles. The van der Waals surface area contributed by atoms with Gasteiger partial charge >= 0.3 is 0 Å². The maximum absolute atomic E-state index is 9.76. The van der Waals surface area contributed by atoms with Crippen molar-refractivity contribution in [2.75, 3.05) is 24.5 Å². The van der Waals surface area contributed by atoms with E-state index in [9.17, 15) is 5.11 Å². The smallest absolute Gasteiger partial charge is 0.0557 e. The fourth-order valence-electron chi connectivity index (χ4n) is 2.80. The van der Waals surface area contributed by atoms with Crippen LogP contribution in [0.15, 0.2) is 22.7 Å². The lowest BCUT2D eigenvalue weighted by atomic mass is 10.0. The van der Waals surface area contributed by atoms with E-state index in [1.807, 2.05) is 6.92 Å². The fraction of sp³-hybridized carbons (Fsp3) is 0.625. The van der Waals surface area contributed by atoms with E-state index < -0.39 is 0 Å². The molecule has 3 nitrogen and oxygen atoms in total. The molecule has 2 unspecified atom stereocenters. The summed E-state index contributed by atoms with van der Waals surface area (Å²) >= 11 is 3.56. The number of halogens is 1. The largest absolute Gasteiger partial charge is 0.393 e. The van der Waals surface area contributed by atoms with Crippen molar-refractivity contribution in [3.63, 3.8) is 0 Å². The zero-order valence-corrected chi connectivity index (χ0v) is 14.0. The zero-order valence-electron chi connectivity index (χ0n) is 12.4. The molecule has 0 spiro atoms. The third-order valence-electron chi connectivity index (χ3n) is 4.03. The van der Waals surface area contributed by atoms with Crippen molar-refractivity contribution in [1.82, 2.24) is 5.32 Å². The van der Waals surface area contributed by atoms with Gasteiger partial charge in [-0.3, -0.25) is 0 Å². The molecule has 112 valence electrons. The van der Waals surface area contributed by atoms with Crippen LogP contribution >= 0.6 is 15.9 Å². The number of anilines is 1. The molecule has 0 radical (unpaired) electrons. The van der Waals surface area contributed by atoms with Gasteiger partial charge in [-0.2, -0.15) is 0 Å². The summed E-state index contributed by atoms with van der Waals surface area (Å²) in [5.74, 6) is 0.398. The second-order valence-corrected chi connectivity index (χ2v) is 6.60. The van der Waals surface area contributed by atoms with E-state index in [-0.39, 0.29) is 6.10 Å². The quantitative estimate of drug-likeness (QED) is 0.781. The van der Waals surface area contributed by atoms with Gasteiger partial charge in [0.2, 0.25) is 0 Å². The molecule has 2 N–H and O–H groups in total. The maximum Gasteiger partial charge on any atom is 0.0557 e. The summed E-state index contributed by atoms with van der Waals surface area (Å²) in [6.45, 7) is 8.03. The molecule has 0 amide bonds. The highest BCUT2D eigenvalue weighted by atomic mass is 79.9. The first-order valence-corrected chi connectivity index (χ1v) is 8.33. The van der Waals surface area contributed by atoms with Gasteiger partial charge in [0, 0.05) is 35.7 Å². The lowest BCUT2D eigenvalue weighted by Gasteiger charge is -2.23. The molecule has 1 aromatic rings. The SMILES string of the molecule is CCCNCc1cc(Br)ccc1N1CCC(C(C)O)C1. The minimum absolute atomic E-state index is 0.211. The number of nitrogens with one attached hydrogen (secondary N) is 1. The van der Waals surface area contributed by atoms with Crippen LogP contribution in [0.2, 0.25) is 0 Å². The number of aliphatic hydroxyl groups is 1. The Hall–Kier alpha value is -0.580. The Bertz CT molecular complexity index is 436. The normalized spacial score (nSPS) is 20.4. The molecule has 0 aliphatic carbocycles. The maximum atomic E-state index is 9.76. The first kappa shape index (κ1) is 15.8. The minimum atomic E-state index is -0.211. The van der Waals surface area contributed by atoms with Gasteiger partial charge in [0.25, 0.3) is 0 Å². The average molecular weight is 341 g/mol. The molecular formula is C16H25BrN2O. The molecule has 4 heteroatoms. The molecule has 0 saturated carbocycles. The number of nitrogens with zero attached hydrogens (tertiary/aromatic N) is 1. The Kier molecular flexibility index (Phi) is 5.87. The third kappa shape index (κ3) is 3.96. The van der Waals surface area contributed by atoms with E-state index >= 15 is 0 Å². The summed E-state index contributed by atoms with van der Waals surface area (Å²) in [7, 11) is 0. The average Bonchev–Trinajstić information content (AvgIpc) is 2.89. The van der Waals surface area contributed by atoms with Gasteiger partial charge < -0.3 is 15.3 Å². The Morgan fingerprint density at radius 1 is 1.50 bits per heavy atom. The highest BCUT2D eigenvalue weighted by Gasteiger charge is 2.27. The third-order valence-corrected chi connectivity index (χ3v) is 4.52. The topological polar surface area (TPSA) is 35.5 Å². The molecule has 0 bridgehead atoms. The molecule has 1 aliphatic heterocycles. The Balaban J connectivity index is 2.10. The molecule has 2 rings (SSSR count). The number of hydrogen-bond donors (Lipinski definition) is 2. The standard InChI is InChI=1S/C16H25BrN2O/c1-3-7-18-10-14-9-15(17)4-5-16(14)19-8-6-13(11-19)12(2)20/h4-5,9,12-13,18,20H,3,6-8,10-11H2,1-2H3. The molecule has 20 heavy (non-hydrogen) atoms. The van der Waals surface area contributed by atoms with Crippen LogP contribution in [-0.2, 0) is 6.54 Å². The summed E-state index contributed by atoms with van der Waals surface area (Å²) in [6, 6.07) is 6.50. The molecule has 2 atom stereocenters. The van der Waals surface area contributed by atoms with Crippen LogP contribution < -0.4 is 10.2 Å². The van der Waals surface area contributed by atoms with Crippen molar-refractivity contribution in [1.29, 1.82) is 0 Å². The zero-order chi connectivity index (χ0) is 14.5. The van der Waals surface area contributed by atoms with E-state index in [1.165, 1.54) is 11.3 Å². The van der Waals surface area contributed by atoms with E-state index in [4.69, 9.17) is 0 Å². The number of rotatable bonds is 6. The van der Waals surface area contributed by atoms with Crippen LogP contribution in [0.3, 0.4) is 0 Å². The lowest BCUT2D eigenvalue weighted by molar-refractivity contribution is 0.136. The van der Waals surface area contributed by atoms with Crippen LogP contribution in [-0.4, -0.2) is 30.8 Å². The summed E-state index contributed by atoms with van der Waals surface area (Å²) in [4.78, 5) is 2.41. The van der Waals surface area contributed by atoms with Crippen molar-refractivity contribution in [2.24, 2.45) is 5.92 Å². The van der Waals surface area contributed by atoms with Gasteiger partial charge in [-0.05, 0) is 50.1 Å². The highest BCUT2D eigenvalue weighted by Crippen LogP contribution is 2.30. The Morgan fingerprint density at radius 2 is 2.30 bits per heavy atom. The van der Waals surface area contributed by atoms with Gasteiger partial charge in [0.15, 0.2) is 0 Å². The summed E-state index contributed by atoms with van der Waals surface area (Å²) < 4.78 is 1.13. The lowest BCUT2D eigenvalue weighted by Crippen LogP contribution is -2.25. The van der Waals surface area contributed by atoms with Crippen molar-refractivity contribution < 1.29 is 5.11 Å². The molecule has 0 aromatic heterocycles. The second kappa shape index (κ2) is 7.43. The van der Waals surface area contributed by atoms with Crippen molar-refractivity contribution in [3.8, 4) is 0 Å². The predicted molar refractivity (Wildman–Crippen MR) is 88.1 cm³/mol. The Morgan fingerprint density at radius 3 is 2.95 bits per heavy atom. The molecule has 1 fully saturated rings. The molecule has 1 aromatic carbocycles. The van der Waals surface area contributed by atoms with E-state index in [1.54, 1.807) is 0 Å². The van der Waals surface area contributed by atoms with Crippen molar-refractivity contribution in [3.05, 3.63) is 28.2 Å². The summed E-state index contributed by atoms with van der Waals surface area (Å²) in [5, 5.41) is 13.2. The number of hydrogen-bond acceptors (Lipinski definition) is 3. The van der Waals surface area contributed by atoms with Gasteiger partial charge in [0.05, 0.1) is 6.10 Å². The highest BCUT2D eigenvalue weighted by molar-refractivity contribution is 9.10. The van der Waals surface area contributed by atoms with Gasteiger partial charge in [-0.15, -0.1) is 0 Å². The number of benzene rings is 1. The van der Waals surface area contributed by atoms with Crippen molar-refractivity contribution >= 4 is 21.6 Å². The van der Waals surface area contributed by atoms with Gasteiger partial charge in [-0.25, -0.2) is 0 Å². The molecule has 1 aliphatic rings. The van der Waals surface area contributed by atoms with Crippen LogP contribution in [0.4, 0.5) is 5.69 Å². The van der Waals surface area contributed by atoms with Gasteiger partial charge in [0.1, 0.15) is 0 Å². The van der Waals surface area contributed by atoms with Crippen LogP contribution in [0, 0.1) is 5.92 Å². The van der Waals surface area contributed by atoms with Crippen LogP contribution in [0.5, 0.6) is 0 Å². The minimum Gasteiger partial charge on any atom is -0.393 e. The van der Waals surface area contributed by atoms with Gasteiger partial charge in [-0.1, -0.05) is 22.9 Å².